The summed E-state index contributed by atoms with van der Waals surface area (Å²) in [5.74, 6) is -1.03. The Bertz CT molecular complexity index is 1120. The van der Waals surface area contributed by atoms with Crippen LogP contribution in [0.1, 0.15) is 15.9 Å². The van der Waals surface area contributed by atoms with E-state index in [1.807, 2.05) is 0 Å². The summed E-state index contributed by atoms with van der Waals surface area (Å²) in [6, 6.07) is 11.4. The normalized spacial score (nSPS) is 11.5. The number of methoxy groups -OCH3 is 1. The molecule has 7 nitrogen and oxygen atoms in total. The fraction of sp³-hybridized carbons (Fsp3) is 0.200. The highest BCUT2D eigenvalue weighted by Gasteiger charge is 2.15. The third-order valence-electron chi connectivity index (χ3n) is 4.16. The lowest BCUT2D eigenvalue weighted by Gasteiger charge is -2.09. The summed E-state index contributed by atoms with van der Waals surface area (Å²) >= 11 is 0. The molecule has 1 N–H and O–H groups in total. The van der Waals surface area contributed by atoms with Crippen LogP contribution in [0.25, 0.3) is 10.9 Å². The van der Waals surface area contributed by atoms with Crippen molar-refractivity contribution in [3.8, 4) is 0 Å². The number of carbonyl (C=O) groups excluding carboxylic acids is 1. The number of pyridine rings is 1. The topological polar surface area (TPSA) is 94.6 Å². The molecule has 0 amide bonds. The summed E-state index contributed by atoms with van der Waals surface area (Å²) in [6.45, 7) is 0.296. The molecule has 0 unspecified atom stereocenters. The van der Waals surface area contributed by atoms with Gasteiger partial charge in [0, 0.05) is 30.8 Å². The Morgan fingerprint density at radius 2 is 1.90 bits per heavy atom. The summed E-state index contributed by atoms with van der Waals surface area (Å²) in [7, 11) is -2.21. The third kappa shape index (κ3) is 4.94. The van der Waals surface area contributed by atoms with E-state index in [4.69, 9.17) is 9.47 Å². The maximum absolute atomic E-state index is 13.9. The van der Waals surface area contributed by atoms with Crippen LogP contribution >= 0.6 is 0 Å². The molecule has 0 atom stereocenters. The van der Waals surface area contributed by atoms with Crippen molar-refractivity contribution in [1.82, 2.24) is 9.71 Å². The fourth-order valence-corrected chi connectivity index (χ4v) is 3.68. The molecule has 0 saturated carbocycles. The molecule has 0 bridgehead atoms. The average molecular weight is 418 g/mol. The van der Waals surface area contributed by atoms with Crippen LogP contribution in [0.5, 0.6) is 0 Å². The summed E-state index contributed by atoms with van der Waals surface area (Å²) in [5.41, 5.74) is 1.18. The zero-order chi connectivity index (χ0) is 20.9. The van der Waals surface area contributed by atoms with E-state index in [1.165, 1.54) is 49.7 Å². The second kappa shape index (κ2) is 9.08. The van der Waals surface area contributed by atoms with Gasteiger partial charge >= 0.3 is 5.97 Å². The molecule has 1 aromatic heterocycles. The van der Waals surface area contributed by atoms with Gasteiger partial charge in [-0.25, -0.2) is 22.3 Å². The lowest BCUT2D eigenvalue weighted by molar-refractivity contribution is 0.0474. The number of carbonyl (C=O) groups is 1. The van der Waals surface area contributed by atoms with Crippen LogP contribution < -0.4 is 4.72 Å². The standard InChI is InChI=1S/C20H19FN2O5S/c1-27-12-11-23-29(25,26)16-7-4-14(5-8-16)20(24)28-13-15-6-9-18(21)17-3-2-10-22-19(15)17/h2-10,23H,11-13H2,1H3. The van der Waals surface area contributed by atoms with Crippen molar-refractivity contribution in [1.29, 1.82) is 0 Å². The lowest BCUT2D eigenvalue weighted by atomic mass is 10.1. The van der Waals surface area contributed by atoms with Crippen LogP contribution in [0.3, 0.4) is 0 Å². The highest BCUT2D eigenvalue weighted by Crippen LogP contribution is 2.21. The number of nitrogens with zero attached hydrogens (tertiary/aromatic N) is 1. The number of ether oxygens (including phenoxy) is 2. The largest absolute Gasteiger partial charge is 0.457 e. The molecule has 1 heterocycles. The quantitative estimate of drug-likeness (QED) is 0.446. The van der Waals surface area contributed by atoms with Gasteiger partial charge in [-0.2, -0.15) is 0 Å². The van der Waals surface area contributed by atoms with Crippen molar-refractivity contribution in [2.45, 2.75) is 11.5 Å². The molecule has 0 aliphatic rings. The molecule has 152 valence electrons. The molecule has 3 rings (SSSR count). The van der Waals surface area contributed by atoms with Gasteiger partial charge in [-0.05, 0) is 42.5 Å². The SMILES string of the molecule is COCCNS(=O)(=O)c1ccc(C(=O)OCc2ccc(F)c3cccnc23)cc1. The predicted molar refractivity (Wildman–Crippen MR) is 104 cm³/mol. The van der Waals surface area contributed by atoms with Crippen LogP contribution in [-0.2, 0) is 26.1 Å². The van der Waals surface area contributed by atoms with E-state index >= 15 is 0 Å². The van der Waals surface area contributed by atoms with Gasteiger partial charge in [0.1, 0.15) is 12.4 Å². The van der Waals surface area contributed by atoms with Crippen molar-refractivity contribution in [3.05, 3.63) is 71.7 Å². The molecular formula is C20H19FN2O5S. The number of sulfonamides is 1. The molecular weight excluding hydrogens is 399 g/mol. The number of hydrogen-bond donors (Lipinski definition) is 1. The van der Waals surface area contributed by atoms with E-state index in [1.54, 1.807) is 12.1 Å². The number of hydrogen-bond acceptors (Lipinski definition) is 6. The Morgan fingerprint density at radius 3 is 2.62 bits per heavy atom. The number of benzene rings is 2. The van der Waals surface area contributed by atoms with E-state index in [0.717, 1.165) is 0 Å². The van der Waals surface area contributed by atoms with Crippen molar-refractivity contribution in [3.63, 3.8) is 0 Å². The zero-order valence-electron chi connectivity index (χ0n) is 15.6. The number of fused-ring (bicyclic) bond motifs is 1. The smallest absolute Gasteiger partial charge is 0.338 e. The molecule has 0 radical (unpaired) electrons. The number of esters is 1. The molecule has 0 spiro atoms. The molecule has 0 aliphatic carbocycles. The molecule has 2 aromatic carbocycles. The molecule has 29 heavy (non-hydrogen) atoms. The average Bonchev–Trinajstić information content (AvgIpc) is 2.73. The minimum absolute atomic E-state index is 0.0267. The Hall–Kier alpha value is -2.88. The van der Waals surface area contributed by atoms with Crippen LogP contribution in [0.2, 0.25) is 0 Å². The highest BCUT2D eigenvalue weighted by molar-refractivity contribution is 7.89. The second-order valence-corrected chi connectivity index (χ2v) is 7.86. The molecule has 0 fully saturated rings. The summed E-state index contributed by atoms with van der Waals surface area (Å²) in [4.78, 5) is 16.5. The summed E-state index contributed by atoms with van der Waals surface area (Å²) in [5, 5.41) is 0.344. The minimum atomic E-state index is -3.68. The van der Waals surface area contributed by atoms with Gasteiger partial charge in [0.05, 0.1) is 22.6 Å². The second-order valence-electron chi connectivity index (χ2n) is 6.10. The van der Waals surface area contributed by atoms with Gasteiger partial charge in [0.2, 0.25) is 10.0 Å². The first-order chi connectivity index (χ1) is 13.9. The Morgan fingerprint density at radius 1 is 1.14 bits per heavy atom. The van der Waals surface area contributed by atoms with Crippen molar-refractivity contribution < 1.29 is 27.1 Å². The van der Waals surface area contributed by atoms with Gasteiger partial charge in [0.25, 0.3) is 0 Å². The van der Waals surface area contributed by atoms with Gasteiger partial charge < -0.3 is 9.47 Å². The molecule has 3 aromatic rings. The first-order valence-electron chi connectivity index (χ1n) is 8.70. The minimum Gasteiger partial charge on any atom is -0.457 e. The van der Waals surface area contributed by atoms with Gasteiger partial charge in [0.15, 0.2) is 0 Å². The summed E-state index contributed by atoms with van der Waals surface area (Å²) < 4.78 is 50.6. The monoisotopic (exact) mass is 418 g/mol. The number of halogens is 1. The Labute approximate surface area is 167 Å². The predicted octanol–water partition coefficient (Wildman–Crippen LogP) is 2.66. The molecule has 9 heteroatoms. The van der Waals surface area contributed by atoms with E-state index in [0.29, 0.717) is 16.5 Å². The Balaban J connectivity index is 1.68. The Kier molecular flexibility index (Phi) is 6.53. The lowest BCUT2D eigenvalue weighted by Crippen LogP contribution is -2.27. The van der Waals surface area contributed by atoms with Gasteiger partial charge in [-0.15, -0.1) is 0 Å². The zero-order valence-corrected chi connectivity index (χ0v) is 16.4. The van der Waals surface area contributed by atoms with Crippen molar-refractivity contribution >= 4 is 26.9 Å². The third-order valence-corrected chi connectivity index (χ3v) is 5.63. The van der Waals surface area contributed by atoms with Crippen molar-refractivity contribution in [2.24, 2.45) is 0 Å². The van der Waals surface area contributed by atoms with E-state index in [9.17, 15) is 17.6 Å². The van der Waals surface area contributed by atoms with Crippen molar-refractivity contribution in [2.75, 3.05) is 20.3 Å². The molecule has 0 aliphatic heterocycles. The van der Waals surface area contributed by atoms with Crippen LogP contribution in [0.4, 0.5) is 4.39 Å². The van der Waals surface area contributed by atoms with Gasteiger partial charge in [-0.3, -0.25) is 4.98 Å². The first kappa shape index (κ1) is 20.8. The van der Waals surface area contributed by atoms with E-state index < -0.39 is 21.8 Å². The highest BCUT2D eigenvalue weighted by atomic mass is 32.2. The van der Waals surface area contributed by atoms with Crippen LogP contribution in [-0.4, -0.2) is 39.6 Å². The summed E-state index contributed by atoms with van der Waals surface area (Å²) in [6.07, 6.45) is 1.53. The van der Waals surface area contributed by atoms with Gasteiger partial charge in [-0.1, -0.05) is 6.07 Å². The number of aromatic nitrogens is 1. The maximum Gasteiger partial charge on any atom is 0.338 e. The van der Waals surface area contributed by atoms with E-state index in [-0.39, 0.29) is 30.2 Å². The molecule has 0 saturated heterocycles. The maximum atomic E-state index is 13.9. The first-order valence-corrected chi connectivity index (χ1v) is 10.2. The van der Waals surface area contributed by atoms with Crippen LogP contribution in [0.15, 0.2) is 59.6 Å². The number of nitrogens with one attached hydrogen (secondary N) is 1. The van der Waals surface area contributed by atoms with Crippen LogP contribution in [0, 0.1) is 5.82 Å². The fourth-order valence-electron chi connectivity index (χ4n) is 2.67. The van der Waals surface area contributed by atoms with E-state index in [2.05, 4.69) is 9.71 Å². The number of rotatable bonds is 8.